The lowest BCUT2D eigenvalue weighted by Crippen LogP contribution is -2.14. The molecule has 3 rings (SSSR count). The second-order valence-electron chi connectivity index (χ2n) is 6.62. The number of carbonyl (C=O) groups excluding carboxylic acids is 1. The molecule has 0 aliphatic carbocycles. The van der Waals surface area contributed by atoms with Crippen LogP contribution >= 0.6 is 11.6 Å². The number of sulfonamides is 1. The summed E-state index contributed by atoms with van der Waals surface area (Å²) >= 11 is 5.77. The molecule has 2 N–H and O–H groups in total. The van der Waals surface area contributed by atoms with E-state index in [0.29, 0.717) is 11.3 Å². The van der Waals surface area contributed by atoms with Gasteiger partial charge in [0.2, 0.25) is 5.91 Å². The van der Waals surface area contributed by atoms with Crippen molar-refractivity contribution in [3.63, 3.8) is 0 Å². The quantitative estimate of drug-likeness (QED) is 0.269. The molecule has 1 amide bonds. The van der Waals surface area contributed by atoms with Gasteiger partial charge in [0.25, 0.3) is 15.7 Å². The molecule has 0 spiro atoms. The molecule has 0 aromatic heterocycles. The number of methoxy groups -OCH3 is 1. The summed E-state index contributed by atoms with van der Waals surface area (Å²) in [6, 6.07) is 16.4. The first-order chi connectivity index (χ1) is 15.7. The fraction of sp³-hybridized carbons (Fsp3) is 0.0455. The number of hydrogen-bond acceptors (Lipinski definition) is 6. The molecule has 170 valence electrons. The Bertz CT molecular complexity index is 1340. The molecule has 0 aliphatic heterocycles. The van der Waals surface area contributed by atoms with Crippen LogP contribution in [0.25, 0.3) is 6.08 Å². The molecule has 0 atom stereocenters. The summed E-state index contributed by atoms with van der Waals surface area (Å²) in [4.78, 5) is 22.6. The molecule has 0 fully saturated rings. The number of carbonyl (C=O) groups is 1. The number of anilines is 2. The Balaban J connectivity index is 1.74. The zero-order chi connectivity index (χ0) is 24.0. The van der Waals surface area contributed by atoms with Crippen LogP contribution in [0.15, 0.2) is 77.7 Å². The van der Waals surface area contributed by atoms with E-state index in [1.807, 2.05) is 0 Å². The topological polar surface area (TPSA) is 128 Å². The maximum Gasteiger partial charge on any atom is 0.288 e. The van der Waals surface area contributed by atoms with Crippen LogP contribution in [-0.2, 0) is 14.8 Å². The molecule has 0 aliphatic rings. The van der Waals surface area contributed by atoms with Crippen LogP contribution in [0, 0.1) is 10.1 Å². The molecule has 9 nitrogen and oxygen atoms in total. The maximum absolute atomic E-state index is 12.8. The van der Waals surface area contributed by atoms with Gasteiger partial charge < -0.3 is 10.1 Å². The first-order valence-electron chi connectivity index (χ1n) is 9.38. The molecule has 0 heterocycles. The number of hydrogen-bond donors (Lipinski definition) is 2. The Hall–Kier alpha value is -3.89. The summed E-state index contributed by atoms with van der Waals surface area (Å²) in [7, 11) is -2.52. The van der Waals surface area contributed by atoms with Crippen molar-refractivity contribution in [2.75, 3.05) is 17.1 Å². The Morgan fingerprint density at radius 3 is 2.58 bits per heavy atom. The number of halogens is 1. The van der Waals surface area contributed by atoms with Crippen molar-refractivity contribution in [3.8, 4) is 5.75 Å². The van der Waals surface area contributed by atoms with E-state index in [0.717, 1.165) is 0 Å². The highest BCUT2D eigenvalue weighted by Crippen LogP contribution is 2.27. The van der Waals surface area contributed by atoms with Crippen molar-refractivity contribution in [2.45, 2.75) is 4.90 Å². The number of nitro benzene ring substituents is 1. The first-order valence-corrected chi connectivity index (χ1v) is 11.2. The van der Waals surface area contributed by atoms with Crippen LogP contribution in [0.3, 0.4) is 0 Å². The number of nitrogens with one attached hydrogen (secondary N) is 2. The fourth-order valence-corrected chi connectivity index (χ4v) is 4.11. The summed E-state index contributed by atoms with van der Waals surface area (Å²) in [6.07, 6.45) is 2.55. The average molecular weight is 488 g/mol. The second-order valence-corrected chi connectivity index (χ2v) is 8.71. The van der Waals surface area contributed by atoms with Crippen molar-refractivity contribution < 1.29 is 22.9 Å². The van der Waals surface area contributed by atoms with E-state index in [2.05, 4.69) is 10.0 Å². The minimum atomic E-state index is -3.95. The molecule has 3 aromatic carbocycles. The van der Waals surface area contributed by atoms with E-state index in [1.165, 1.54) is 61.7 Å². The molecule has 0 saturated heterocycles. The van der Waals surface area contributed by atoms with Crippen molar-refractivity contribution in [1.82, 2.24) is 0 Å². The smallest absolute Gasteiger partial charge is 0.288 e. The number of para-hydroxylation sites is 2. The van der Waals surface area contributed by atoms with Gasteiger partial charge in [-0.25, -0.2) is 8.42 Å². The molecule has 0 unspecified atom stereocenters. The summed E-state index contributed by atoms with van der Waals surface area (Å²) < 4.78 is 33.2. The van der Waals surface area contributed by atoms with Gasteiger partial charge in [-0.2, -0.15) is 0 Å². The zero-order valence-corrected chi connectivity index (χ0v) is 18.8. The minimum absolute atomic E-state index is 0.0126. The van der Waals surface area contributed by atoms with Crippen LogP contribution in [0.1, 0.15) is 5.56 Å². The van der Waals surface area contributed by atoms with Gasteiger partial charge in [0.1, 0.15) is 10.8 Å². The highest BCUT2D eigenvalue weighted by Gasteiger charge is 2.17. The molecule has 11 heteroatoms. The SMILES string of the molecule is COc1ccccc1NS(=O)(=O)c1cccc(NC(=O)/C=C/c2ccc(Cl)c([N+](=O)[O-])c2)c1. The van der Waals surface area contributed by atoms with Gasteiger partial charge in [-0.15, -0.1) is 0 Å². The van der Waals surface area contributed by atoms with Gasteiger partial charge in [-0.05, 0) is 48.0 Å². The number of nitrogens with zero attached hydrogens (tertiary/aromatic N) is 1. The number of amides is 1. The number of ether oxygens (including phenoxy) is 1. The normalized spacial score (nSPS) is 11.2. The molecular weight excluding hydrogens is 470 g/mol. The summed E-state index contributed by atoms with van der Waals surface area (Å²) in [6.45, 7) is 0. The third-order valence-electron chi connectivity index (χ3n) is 4.36. The van der Waals surface area contributed by atoms with Crippen LogP contribution < -0.4 is 14.8 Å². The third-order valence-corrected chi connectivity index (χ3v) is 6.04. The van der Waals surface area contributed by atoms with Crippen molar-refractivity contribution in [1.29, 1.82) is 0 Å². The van der Waals surface area contributed by atoms with Gasteiger partial charge in [0, 0.05) is 17.8 Å². The number of rotatable bonds is 8. The van der Waals surface area contributed by atoms with Crippen molar-refractivity contribution in [3.05, 3.63) is 93.5 Å². The Kier molecular flexibility index (Phi) is 7.31. The highest BCUT2D eigenvalue weighted by molar-refractivity contribution is 7.92. The van der Waals surface area contributed by atoms with Crippen molar-refractivity contribution >= 4 is 50.7 Å². The molecular formula is C22H18ClN3O6S. The molecule has 0 radical (unpaired) electrons. The fourth-order valence-electron chi connectivity index (χ4n) is 2.80. The third kappa shape index (κ3) is 6.09. The monoisotopic (exact) mass is 487 g/mol. The van der Waals surface area contributed by atoms with Crippen molar-refractivity contribution in [2.24, 2.45) is 0 Å². The molecule has 0 saturated carbocycles. The van der Waals surface area contributed by atoms with E-state index in [9.17, 15) is 23.3 Å². The lowest BCUT2D eigenvalue weighted by Gasteiger charge is -2.12. The second kappa shape index (κ2) is 10.2. The predicted octanol–water partition coefficient (Wildman–Crippen LogP) is 4.71. The van der Waals surface area contributed by atoms with Crippen LogP contribution in [0.5, 0.6) is 5.75 Å². The molecule has 0 bridgehead atoms. The summed E-state index contributed by atoms with van der Waals surface area (Å²) in [5.41, 5.74) is 0.641. The van der Waals surface area contributed by atoms with Crippen LogP contribution in [-0.4, -0.2) is 26.4 Å². The van der Waals surface area contributed by atoms with Crippen LogP contribution in [0.2, 0.25) is 5.02 Å². The van der Waals surface area contributed by atoms with Gasteiger partial charge in [0.15, 0.2) is 0 Å². The predicted molar refractivity (Wildman–Crippen MR) is 126 cm³/mol. The zero-order valence-electron chi connectivity index (χ0n) is 17.2. The van der Waals surface area contributed by atoms with Gasteiger partial charge in [-0.1, -0.05) is 35.9 Å². The van der Waals surface area contributed by atoms with E-state index in [4.69, 9.17) is 16.3 Å². The largest absolute Gasteiger partial charge is 0.495 e. The Morgan fingerprint density at radius 2 is 1.85 bits per heavy atom. The number of benzene rings is 3. The first kappa shape index (κ1) is 23.8. The van der Waals surface area contributed by atoms with E-state index in [-0.39, 0.29) is 27.0 Å². The van der Waals surface area contributed by atoms with Gasteiger partial charge in [-0.3, -0.25) is 19.6 Å². The summed E-state index contributed by atoms with van der Waals surface area (Å²) in [5.74, 6) is -0.196. The van der Waals surface area contributed by atoms with E-state index in [1.54, 1.807) is 24.3 Å². The maximum atomic E-state index is 12.8. The van der Waals surface area contributed by atoms with E-state index >= 15 is 0 Å². The van der Waals surface area contributed by atoms with E-state index < -0.39 is 20.9 Å². The molecule has 3 aromatic rings. The average Bonchev–Trinajstić information content (AvgIpc) is 2.78. The van der Waals surface area contributed by atoms with Gasteiger partial charge >= 0.3 is 0 Å². The van der Waals surface area contributed by atoms with Gasteiger partial charge in [0.05, 0.1) is 22.6 Å². The minimum Gasteiger partial charge on any atom is -0.495 e. The molecule has 33 heavy (non-hydrogen) atoms. The lowest BCUT2D eigenvalue weighted by molar-refractivity contribution is -0.384. The highest BCUT2D eigenvalue weighted by atomic mass is 35.5. The lowest BCUT2D eigenvalue weighted by atomic mass is 10.2. The standard InChI is InChI=1S/C22H18ClN3O6S/c1-32-21-8-3-2-7-19(21)25-33(30,31)17-6-4-5-16(14-17)24-22(27)12-10-15-9-11-18(23)20(13-15)26(28)29/h2-14,25H,1H3,(H,24,27)/b12-10+. The van der Waals surface area contributed by atoms with Crippen LogP contribution in [0.4, 0.5) is 17.1 Å². The number of nitro groups is 1. The Labute approximate surface area is 194 Å². The summed E-state index contributed by atoms with van der Waals surface area (Å²) in [5, 5.41) is 13.5. The Morgan fingerprint density at radius 1 is 1.09 bits per heavy atom.